The van der Waals surface area contributed by atoms with Crippen LogP contribution < -0.4 is 5.73 Å². The number of aromatic nitrogens is 1. The van der Waals surface area contributed by atoms with Crippen molar-refractivity contribution in [1.29, 1.82) is 0 Å². The van der Waals surface area contributed by atoms with Crippen LogP contribution in [0.2, 0.25) is 0 Å². The average Bonchev–Trinajstić information content (AvgIpc) is 2.12. The Morgan fingerprint density at radius 1 is 1.67 bits per heavy atom. The first-order valence-corrected chi connectivity index (χ1v) is 4.94. The van der Waals surface area contributed by atoms with Crippen LogP contribution in [0.1, 0.15) is 17.6 Å². The fourth-order valence-corrected chi connectivity index (χ4v) is 1.56. The molecule has 0 fully saturated rings. The van der Waals surface area contributed by atoms with Crippen LogP contribution in [0, 0.1) is 3.70 Å². The maximum absolute atomic E-state index is 12.5. The van der Waals surface area contributed by atoms with Crippen molar-refractivity contribution in [2.45, 2.75) is 12.8 Å². The van der Waals surface area contributed by atoms with Crippen LogP contribution in [0.25, 0.3) is 0 Å². The monoisotopic (exact) mass is 328 g/mol. The zero-order chi connectivity index (χ0) is 11.6. The fraction of sp³-hybridized carbons (Fsp3) is 0.250. The molecule has 1 rings (SSSR count). The van der Waals surface area contributed by atoms with Crippen molar-refractivity contribution in [3.63, 3.8) is 0 Å². The molecule has 3 N–H and O–H groups in total. The number of rotatable bonds is 3. The summed E-state index contributed by atoms with van der Waals surface area (Å²) < 4.78 is 25.3. The lowest BCUT2D eigenvalue weighted by atomic mass is 10.1. The number of anilines is 1. The molecule has 0 atom stereocenters. The van der Waals surface area contributed by atoms with Crippen molar-refractivity contribution in [3.05, 3.63) is 21.0 Å². The van der Waals surface area contributed by atoms with Crippen molar-refractivity contribution in [3.8, 4) is 0 Å². The largest absolute Gasteiger partial charge is 0.481 e. The summed E-state index contributed by atoms with van der Waals surface area (Å²) in [6.07, 6.45) is -2.34. The van der Waals surface area contributed by atoms with Crippen molar-refractivity contribution in [2.75, 3.05) is 5.73 Å². The number of nitrogen functional groups attached to an aromatic ring is 1. The summed E-state index contributed by atoms with van der Waals surface area (Å²) in [6, 6.07) is 0. The molecule has 1 aromatic rings. The number of nitrogens with two attached hydrogens (primary N) is 1. The van der Waals surface area contributed by atoms with E-state index in [1.807, 2.05) is 0 Å². The molecule has 15 heavy (non-hydrogen) atoms. The van der Waals surface area contributed by atoms with Gasteiger partial charge in [0.05, 0.1) is 12.1 Å². The van der Waals surface area contributed by atoms with Gasteiger partial charge in [-0.25, -0.2) is 13.8 Å². The van der Waals surface area contributed by atoms with Gasteiger partial charge in [-0.05, 0) is 28.2 Å². The molecule has 0 aliphatic rings. The number of alkyl halides is 2. The number of carboxylic acid groups (broad SMARTS) is 1. The molecule has 4 nitrogen and oxygen atoms in total. The Balaban J connectivity index is 3.28. The highest BCUT2D eigenvalue weighted by Gasteiger charge is 2.19. The second-order valence-electron chi connectivity index (χ2n) is 2.77. The molecule has 0 aliphatic carbocycles. The number of carbonyl (C=O) groups is 1. The first-order valence-electron chi connectivity index (χ1n) is 3.86. The maximum atomic E-state index is 12.5. The van der Waals surface area contributed by atoms with Gasteiger partial charge in [-0.3, -0.25) is 4.79 Å². The Morgan fingerprint density at radius 2 is 2.27 bits per heavy atom. The van der Waals surface area contributed by atoms with Crippen LogP contribution >= 0.6 is 22.6 Å². The summed E-state index contributed by atoms with van der Waals surface area (Å²) in [5, 5.41) is 8.57. The SMILES string of the molecule is Nc1c(I)ncc(C(F)F)c1CC(=O)O. The van der Waals surface area contributed by atoms with Gasteiger partial charge in [0.2, 0.25) is 0 Å². The van der Waals surface area contributed by atoms with Crippen LogP contribution in [0.15, 0.2) is 6.20 Å². The van der Waals surface area contributed by atoms with Crippen molar-refractivity contribution >= 4 is 34.2 Å². The quantitative estimate of drug-likeness (QED) is 0.656. The zero-order valence-corrected chi connectivity index (χ0v) is 9.53. The Labute approximate surface area is 97.6 Å². The van der Waals surface area contributed by atoms with E-state index in [0.717, 1.165) is 6.20 Å². The first-order chi connectivity index (χ1) is 6.93. The van der Waals surface area contributed by atoms with Gasteiger partial charge in [0.1, 0.15) is 3.70 Å². The minimum Gasteiger partial charge on any atom is -0.481 e. The Bertz CT molecular complexity index is 398. The van der Waals surface area contributed by atoms with E-state index in [1.54, 1.807) is 22.6 Å². The molecule has 0 spiro atoms. The van der Waals surface area contributed by atoms with Gasteiger partial charge in [-0.2, -0.15) is 0 Å². The topological polar surface area (TPSA) is 76.2 Å². The number of hydrogen-bond acceptors (Lipinski definition) is 3. The van der Waals surface area contributed by atoms with E-state index < -0.39 is 24.4 Å². The standard InChI is InChI=1S/C8H7F2IN2O2/c9-7(10)4-2-13-8(11)6(12)3(4)1-5(14)15/h2,7H,1,12H2,(H,14,15). The van der Waals surface area contributed by atoms with Gasteiger partial charge in [0.25, 0.3) is 6.43 Å². The van der Waals surface area contributed by atoms with Gasteiger partial charge in [0.15, 0.2) is 0 Å². The minimum atomic E-state index is -2.77. The zero-order valence-electron chi connectivity index (χ0n) is 7.38. The van der Waals surface area contributed by atoms with Gasteiger partial charge in [-0.15, -0.1) is 0 Å². The second-order valence-corrected chi connectivity index (χ2v) is 3.79. The smallest absolute Gasteiger partial charge is 0.307 e. The second kappa shape index (κ2) is 4.69. The first kappa shape index (κ1) is 12.1. The van der Waals surface area contributed by atoms with E-state index in [-0.39, 0.29) is 11.3 Å². The lowest BCUT2D eigenvalue weighted by Gasteiger charge is -2.10. The highest BCUT2D eigenvalue weighted by Crippen LogP contribution is 2.28. The van der Waals surface area contributed by atoms with Crippen molar-refractivity contribution < 1.29 is 18.7 Å². The van der Waals surface area contributed by atoms with Crippen LogP contribution in [-0.4, -0.2) is 16.1 Å². The molecule has 1 aromatic heterocycles. The van der Waals surface area contributed by atoms with Crippen LogP contribution in [0.4, 0.5) is 14.5 Å². The summed E-state index contributed by atoms with van der Waals surface area (Å²) >= 11 is 1.76. The number of nitrogens with zero attached hydrogens (tertiary/aromatic N) is 1. The molecule has 0 saturated heterocycles. The predicted octanol–water partition coefficient (Wildman–Crippen LogP) is 1.83. The molecule has 0 radical (unpaired) electrons. The Morgan fingerprint density at radius 3 is 2.73 bits per heavy atom. The maximum Gasteiger partial charge on any atom is 0.307 e. The summed E-state index contributed by atoms with van der Waals surface area (Å²) in [5.74, 6) is -1.20. The average molecular weight is 328 g/mol. The lowest BCUT2D eigenvalue weighted by Crippen LogP contribution is -2.10. The van der Waals surface area contributed by atoms with Gasteiger partial charge in [0, 0.05) is 11.8 Å². The molecular formula is C8H7F2IN2O2. The van der Waals surface area contributed by atoms with E-state index in [2.05, 4.69) is 4.98 Å². The van der Waals surface area contributed by atoms with Crippen LogP contribution in [0.3, 0.4) is 0 Å². The molecule has 0 bridgehead atoms. The van der Waals surface area contributed by atoms with Gasteiger partial charge < -0.3 is 10.8 Å². The number of carboxylic acids is 1. The minimum absolute atomic E-state index is 0.0100. The number of pyridine rings is 1. The van der Waals surface area contributed by atoms with Crippen LogP contribution in [0.5, 0.6) is 0 Å². The summed E-state index contributed by atoms with van der Waals surface area (Å²) in [7, 11) is 0. The Kier molecular flexibility index (Phi) is 3.77. The van der Waals surface area contributed by atoms with E-state index in [4.69, 9.17) is 10.8 Å². The highest BCUT2D eigenvalue weighted by molar-refractivity contribution is 14.1. The van der Waals surface area contributed by atoms with Crippen molar-refractivity contribution in [2.24, 2.45) is 0 Å². The molecular weight excluding hydrogens is 321 g/mol. The van der Waals surface area contributed by atoms with Crippen molar-refractivity contribution in [1.82, 2.24) is 4.98 Å². The van der Waals surface area contributed by atoms with E-state index in [0.29, 0.717) is 3.70 Å². The fourth-order valence-electron chi connectivity index (χ4n) is 1.09. The normalized spacial score (nSPS) is 10.7. The molecule has 0 saturated carbocycles. The third-order valence-corrected chi connectivity index (χ3v) is 2.64. The summed E-state index contributed by atoms with van der Waals surface area (Å²) in [6.45, 7) is 0. The summed E-state index contributed by atoms with van der Waals surface area (Å²) in [5.41, 5.74) is 5.03. The van der Waals surface area contributed by atoms with E-state index in [1.165, 1.54) is 0 Å². The molecule has 7 heteroatoms. The number of hydrogen-bond donors (Lipinski definition) is 2. The van der Waals surface area contributed by atoms with E-state index in [9.17, 15) is 13.6 Å². The number of aliphatic carboxylic acids is 1. The lowest BCUT2D eigenvalue weighted by molar-refractivity contribution is -0.136. The molecule has 0 aromatic carbocycles. The van der Waals surface area contributed by atoms with Crippen LogP contribution in [-0.2, 0) is 11.2 Å². The highest BCUT2D eigenvalue weighted by atomic mass is 127. The third-order valence-electron chi connectivity index (χ3n) is 1.78. The summed E-state index contributed by atoms with van der Waals surface area (Å²) in [4.78, 5) is 14.1. The third kappa shape index (κ3) is 2.74. The van der Waals surface area contributed by atoms with Gasteiger partial charge in [-0.1, -0.05) is 0 Å². The number of halogens is 3. The molecule has 82 valence electrons. The molecule has 0 amide bonds. The molecule has 0 aliphatic heterocycles. The van der Waals surface area contributed by atoms with E-state index >= 15 is 0 Å². The molecule has 0 unspecified atom stereocenters. The Hall–Kier alpha value is -0.990. The predicted molar refractivity (Wildman–Crippen MR) is 57.7 cm³/mol. The van der Waals surface area contributed by atoms with Gasteiger partial charge >= 0.3 is 5.97 Å². The molecule has 1 heterocycles.